The van der Waals surface area contributed by atoms with Crippen LogP contribution in [0.4, 0.5) is 14.5 Å². The lowest BCUT2D eigenvalue weighted by atomic mass is 10.3. The molecule has 0 aliphatic rings. The van der Waals surface area contributed by atoms with Gasteiger partial charge in [0.25, 0.3) is 0 Å². The Morgan fingerprint density at radius 2 is 2.07 bits per heavy atom. The van der Waals surface area contributed by atoms with E-state index in [9.17, 15) is 13.6 Å². The SMILES string of the molecule is N#CCC(=O)Nc1cc(F)c(F)cc1Br. The number of carbonyl (C=O) groups is 1. The topological polar surface area (TPSA) is 52.9 Å². The number of nitrogens with zero attached hydrogens (tertiary/aromatic N) is 1. The molecular weight excluding hydrogens is 270 g/mol. The fourth-order valence-corrected chi connectivity index (χ4v) is 1.30. The van der Waals surface area contributed by atoms with Gasteiger partial charge < -0.3 is 5.32 Å². The van der Waals surface area contributed by atoms with Crippen molar-refractivity contribution in [1.82, 2.24) is 0 Å². The predicted molar refractivity (Wildman–Crippen MR) is 52.9 cm³/mol. The average molecular weight is 275 g/mol. The highest BCUT2D eigenvalue weighted by Gasteiger charge is 2.10. The summed E-state index contributed by atoms with van der Waals surface area (Å²) in [7, 11) is 0. The number of nitrogens with one attached hydrogen (secondary N) is 1. The lowest BCUT2D eigenvalue weighted by Gasteiger charge is -2.05. The van der Waals surface area contributed by atoms with Crippen LogP contribution < -0.4 is 5.32 Å². The molecule has 0 aromatic heterocycles. The zero-order chi connectivity index (χ0) is 11.4. The second kappa shape index (κ2) is 4.84. The van der Waals surface area contributed by atoms with Crippen molar-refractivity contribution in [2.24, 2.45) is 0 Å². The number of rotatable bonds is 2. The van der Waals surface area contributed by atoms with E-state index in [1.807, 2.05) is 0 Å². The normalized spacial score (nSPS) is 9.47. The molecule has 0 saturated heterocycles. The second-order valence-corrected chi connectivity index (χ2v) is 3.48. The molecule has 1 aromatic carbocycles. The van der Waals surface area contributed by atoms with Crippen LogP contribution in [0.1, 0.15) is 6.42 Å². The highest BCUT2D eigenvalue weighted by molar-refractivity contribution is 9.10. The number of benzene rings is 1. The largest absolute Gasteiger partial charge is 0.324 e. The van der Waals surface area contributed by atoms with E-state index >= 15 is 0 Å². The van der Waals surface area contributed by atoms with Crippen LogP contribution in [0.25, 0.3) is 0 Å². The molecule has 0 aliphatic heterocycles. The molecule has 6 heteroatoms. The molecule has 0 atom stereocenters. The molecule has 15 heavy (non-hydrogen) atoms. The Morgan fingerprint density at radius 3 is 2.67 bits per heavy atom. The van der Waals surface area contributed by atoms with Crippen LogP contribution in [0.2, 0.25) is 0 Å². The molecule has 78 valence electrons. The Kier molecular flexibility index (Phi) is 3.74. The van der Waals surface area contributed by atoms with Crippen molar-refractivity contribution in [2.75, 3.05) is 5.32 Å². The third kappa shape index (κ3) is 2.99. The Labute approximate surface area is 92.8 Å². The molecule has 0 heterocycles. The van der Waals surface area contributed by atoms with Crippen LogP contribution in [0.15, 0.2) is 16.6 Å². The zero-order valence-corrected chi connectivity index (χ0v) is 8.94. The summed E-state index contributed by atoms with van der Waals surface area (Å²) in [4.78, 5) is 11.0. The molecule has 0 aliphatic carbocycles. The fourth-order valence-electron chi connectivity index (χ4n) is 0.885. The van der Waals surface area contributed by atoms with Crippen LogP contribution >= 0.6 is 15.9 Å². The summed E-state index contributed by atoms with van der Waals surface area (Å²) in [6.45, 7) is 0. The third-order valence-corrected chi connectivity index (χ3v) is 2.18. The van der Waals surface area contributed by atoms with Crippen LogP contribution in [0.3, 0.4) is 0 Å². The molecule has 0 saturated carbocycles. The van der Waals surface area contributed by atoms with Crippen molar-refractivity contribution in [3.8, 4) is 6.07 Å². The van der Waals surface area contributed by atoms with E-state index in [1.54, 1.807) is 6.07 Å². The summed E-state index contributed by atoms with van der Waals surface area (Å²) in [6, 6.07) is 3.38. The minimum absolute atomic E-state index is 0.0918. The number of hydrogen-bond donors (Lipinski definition) is 1. The first-order chi connectivity index (χ1) is 7.04. The number of nitriles is 1. The Morgan fingerprint density at radius 1 is 1.47 bits per heavy atom. The summed E-state index contributed by atoms with van der Waals surface area (Å²) in [5, 5.41) is 10.5. The van der Waals surface area contributed by atoms with Crippen molar-refractivity contribution in [3.05, 3.63) is 28.2 Å². The van der Waals surface area contributed by atoms with E-state index in [1.165, 1.54) is 0 Å². The highest BCUT2D eigenvalue weighted by atomic mass is 79.9. The fraction of sp³-hybridized carbons (Fsp3) is 0.111. The van der Waals surface area contributed by atoms with Gasteiger partial charge in [-0.3, -0.25) is 4.79 Å². The van der Waals surface area contributed by atoms with Crippen LogP contribution in [0.5, 0.6) is 0 Å². The van der Waals surface area contributed by atoms with Gasteiger partial charge in [-0.15, -0.1) is 0 Å². The first kappa shape index (κ1) is 11.6. The predicted octanol–water partition coefficient (Wildman–Crippen LogP) is 2.58. The lowest BCUT2D eigenvalue weighted by molar-refractivity contribution is -0.115. The average Bonchev–Trinajstić information content (AvgIpc) is 2.14. The highest BCUT2D eigenvalue weighted by Crippen LogP contribution is 2.25. The molecule has 0 radical (unpaired) electrons. The van der Waals surface area contributed by atoms with E-state index in [2.05, 4.69) is 21.2 Å². The minimum atomic E-state index is -1.06. The maximum absolute atomic E-state index is 12.8. The molecule has 0 bridgehead atoms. The Hall–Kier alpha value is -1.48. The molecule has 1 aromatic rings. The van der Waals surface area contributed by atoms with Gasteiger partial charge >= 0.3 is 0 Å². The summed E-state index contributed by atoms with van der Waals surface area (Å²) in [5.41, 5.74) is 0.0918. The van der Waals surface area contributed by atoms with Crippen LogP contribution in [-0.4, -0.2) is 5.91 Å². The van der Waals surface area contributed by atoms with Crippen molar-refractivity contribution in [2.45, 2.75) is 6.42 Å². The van der Waals surface area contributed by atoms with Gasteiger partial charge in [0.15, 0.2) is 11.6 Å². The quantitative estimate of drug-likeness (QED) is 0.843. The molecule has 1 N–H and O–H groups in total. The van der Waals surface area contributed by atoms with Gasteiger partial charge in [-0.25, -0.2) is 8.78 Å². The second-order valence-electron chi connectivity index (χ2n) is 2.63. The van der Waals surface area contributed by atoms with Crippen molar-refractivity contribution in [1.29, 1.82) is 5.26 Å². The number of anilines is 1. The maximum Gasteiger partial charge on any atom is 0.238 e. The molecular formula is C9H5BrF2N2O. The smallest absolute Gasteiger partial charge is 0.238 e. The van der Waals surface area contributed by atoms with E-state index in [0.717, 1.165) is 12.1 Å². The standard InChI is InChI=1S/C9H5BrF2N2O/c10-5-3-6(11)7(12)4-8(5)14-9(15)1-2-13/h3-4H,1H2,(H,14,15). The number of amides is 1. The summed E-state index contributed by atoms with van der Waals surface area (Å²) < 4.78 is 25.7. The van der Waals surface area contributed by atoms with Gasteiger partial charge in [0.05, 0.1) is 11.8 Å². The Bertz CT molecular complexity index is 442. The number of carbonyl (C=O) groups excluding carboxylic acids is 1. The first-order valence-corrected chi connectivity index (χ1v) is 4.65. The lowest BCUT2D eigenvalue weighted by Crippen LogP contribution is -2.11. The van der Waals surface area contributed by atoms with E-state index in [4.69, 9.17) is 5.26 Å². The van der Waals surface area contributed by atoms with Gasteiger partial charge in [0.2, 0.25) is 5.91 Å². The van der Waals surface area contributed by atoms with Crippen molar-refractivity contribution < 1.29 is 13.6 Å². The van der Waals surface area contributed by atoms with Crippen molar-refractivity contribution >= 4 is 27.5 Å². The van der Waals surface area contributed by atoms with Crippen LogP contribution in [-0.2, 0) is 4.79 Å². The van der Waals surface area contributed by atoms with Gasteiger partial charge in [0.1, 0.15) is 6.42 Å². The molecule has 0 unspecified atom stereocenters. The van der Waals surface area contributed by atoms with Crippen LogP contribution in [0, 0.1) is 23.0 Å². The molecule has 1 rings (SSSR count). The monoisotopic (exact) mass is 274 g/mol. The van der Waals surface area contributed by atoms with Crippen molar-refractivity contribution in [3.63, 3.8) is 0 Å². The number of halogens is 3. The van der Waals surface area contributed by atoms with E-state index in [-0.39, 0.29) is 16.6 Å². The minimum Gasteiger partial charge on any atom is -0.324 e. The molecule has 3 nitrogen and oxygen atoms in total. The van der Waals surface area contributed by atoms with Gasteiger partial charge in [-0.05, 0) is 22.0 Å². The summed E-state index contributed by atoms with van der Waals surface area (Å²) in [5.74, 6) is -2.66. The Balaban J connectivity index is 2.92. The van der Waals surface area contributed by atoms with E-state index in [0.29, 0.717) is 0 Å². The number of hydrogen-bond acceptors (Lipinski definition) is 2. The van der Waals surface area contributed by atoms with E-state index < -0.39 is 17.5 Å². The summed E-state index contributed by atoms with van der Waals surface area (Å²) >= 11 is 2.96. The molecule has 1 amide bonds. The van der Waals surface area contributed by atoms with Gasteiger partial charge in [-0.2, -0.15) is 5.26 Å². The molecule has 0 fully saturated rings. The summed E-state index contributed by atoms with van der Waals surface area (Å²) in [6.07, 6.45) is -0.342. The molecule has 0 spiro atoms. The van der Waals surface area contributed by atoms with Gasteiger partial charge in [-0.1, -0.05) is 0 Å². The zero-order valence-electron chi connectivity index (χ0n) is 7.35. The maximum atomic E-state index is 12.8. The third-order valence-electron chi connectivity index (χ3n) is 1.52. The first-order valence-electron chi connectivity index (χ1n) is 3.86. The van der Waals surface area contributed by atoms with Gasteiger partial charge in [0, 0.05) is 10.5 Å².